The van der Waals surface area contributed by atoms with Crippen molar-refractivity contribution in [2.45, 2.75) is 33.5 Å². The van der Waals surface area contributed by atoms with Crippen LogP contribution in [0.3, 0.4) is 0 Å². The molecule has 1 amide bonds. The van der Waals surface area contributed by atoms with Gasteiger partial charge in [-0.25, -0.2) is 0 Å². The van der Waals surface area contributed by atoms with E-state index >= 15 is 0 Å². The van der Waals surface area contributed by atoms with E-state index in [0.717, 1.165) is 25.1 Å². The summed E-state index contributed by atoms with van der Waals surface area (Å²) in [6.07, 6.45) is 2.08. The first-order valence-corrected chi connectivity index (χ1v) is 6.22. The van der Waals surface area contributed by atoms with Crippen LogP contribution in [0.25, 0.3) is 0 Å². The van der Waals surface area contributed by atoms with Gasteiger partial charge in [-0.15, -0.1) is 0 Å². The van der Waals surface area contributed by atoms with Crippen molar-refractivity contribution in [3.8, 4) is 0 Å². The number of para-hydroxylation sites is 1. The second-order valence-corrected chi connectivity index (χ2v) is 5.50. The Bertz CT molecular complexity index is 428. The molecule has 0 aliphatic carbocycles. The van der Waals surface area contributed by atoms with Gasteiger partial charge in [0, 0.05) is 12.2 Å². The van der Waals surface area contributed by atoms with E-state index in [9.17, 15) is 4.79 Å². The highest BCUT2D eigenvalue weighted by atomic mass is 16.2. The summed E-state index contributed by atoms with van der Waals surface area (Å²) in [7, 11) is 1.65. The molecule has 0 spiro atoms. The van der Waals surface area contributed by atoms with Crippen LogP contribution in [0.15, 0.2) is 24.3 Å². The van der Waals surface area contributed by atoms with Gasteiger partial charge in [-0.1, -0.05) is 38.9 Å². The minimum atomic E-state index is 0.107. The lowest BCUT2D eigenvalue weighted by Crippen LogP contribution is -2.34. The summed E-state index contributed by atoms with van der Waals surface area (Å²) in [6, 6.07) is 8.25. The Morgan fingerprint density at radius 2 is 2.06 bits per heavy atom. The van der Waals surface area contributed by atoms with Gasteiger partial charge in [0.2, 0.25) is 7.28 Å². The monoisotopic (exact) mass is 228 g/mol. The number of amides is 1. The zero-order valence-corrected chi connectivity index (χ0v) is 10.9. The van der Waals surface area contributed by atoms with Gasteiger partial charge in [0.25, 0.3) is 0 Å². The number of carbonyl (C=O) groups excluding carboxylic acids is 1. The smallest absolute Gasteiger partial charge is 0.230 e. The molecule has 2 rings (SSSR count). The maximum absolute atomic E-state index is 12.0. The maximum Gasteiger partial charge on any atom is 0.230 e. The van der Waals surface area contributed by atoms with Gasteiger partial charge in [0.15, 0.2) is 5.81 Å². The van der Waals surface area contributed by atoms with Gasteiger partial charge < -0.3 is 4.90 Å². The van der Waals surface area contributed by atoms with Crippen molar-refractivity contribution in [2.24, 2.45) is 5.41 Å². The standard InChI is InChI=1S/C14H19BNO/c1-14(2)8-9-16(13(17)15-3)12-7-5-4-6-11(12)10-14/h4-7H,8-10H2,1-3H3. The fraction of sp³-hybridized carbons (Fsp3) is 0.500. The van der Waals surface area contributed by atoms with E-state index in [-0.39, 0.29) is 11.2 Å². The van der Waals surface area contributed by atoms with E-state index in [0.29, 0.717) is 0 Å². The van der Waals surface area contributed by atoms with Crippen LogP contribution < -0.4 is 4.90 Å². The Kier molecular flexibility index (Phi) is 3.27. The average molecular weight is 228 g/mol. The van der Waals surface area contributed by atoms with Crippen molar-refractivity contribution in [2.75, 3.05) is 11.4 Å². The Hall–Kier alpha value is -1.25. The van der Waals surface area contributed by atoms with E-state index in [2.05, 4.69) is 32.0 Å². The molecule has 1 aliphatic heterocycles. The first-order chi connectivity index (χ1) is 8.03. The van der Waals surface area contributed by atoms with Crippen molar-refractivity contribution < 1.29 is 4.79 Å². The van der Waals surface area contributed by atoms with Crippen LogP contribution in [0.1, 0.15) is 25.8 Å². The molecule has 1 aromatic carbocycles. The fourth-order valence-electron chi connectivity index (χ4n) is 2.45. The van der Waals surface area contributed by atoms with Crippen LogP contribution in [0.5, 0.6) is 0 Å². The molecular weight excluding hydrogens is 209 g/mol. The van der Waals surface area contributed by atoms with Crippen LogP contribution >= 0.6 is 0 Å². The van der Waals surface area contributed by atoms with E-state index in [1.165, 1.54) is 5.56 Å². The zero-order chi connectivity index (χ0) is 12.5. The van der Waals surface area contributed by atoms with Crippen LogP contribution in [-0.2, 0) is 6.42 Å². The van der Waals surface area contributed by atoms with Crippen LogP contribution in [-0.4, -0.2) is 19.6 Å². The fourth-order valence-corrected chi connectivity index (χ4v) is 2.45. The topological polar surface area (TPSA) is 20.3 Å². The molecule has 0 atom stereocenters. The van der Waals surface area contributed by atoms with Crippen LogP contribution in [0.2, 0.25) is 6.82 Å². The molecule has 1 radical (unpaired) electrons. The molecule has 0 fully saturated rings. The van der Waals surface area contributed by atoms with Crippen molar-refractivity contribution in [1.29, 1.82) is 0 Å². The minimum absolute atomic E-state index is 0.107. The molecule has 89 valence electrons. The van der Waals surface area contributed by atoms with E-state index in [1.54, 1.807) is 14.1 Å². The highest BCUT2D eigenvalue weighted by Gasteiger charge is 2.28. The van der Waals surface area contributed by atoms with Crippen LogP contribution in [0, 0.1) is 5.41 Å². The van der Waals surface area contributed by atoms with Gasteiger partial charge in [-0.3, -0.25) is 4.79 Å². The molecule has 1 aromatic rings. The molecule has 0 aromatic heterocycles. The highest BCUT2D eigenvalue weighted by Crippen LogP contribution is 2.35. The summed E-state index contributed by atoms with van der Waals surface area (Å²) in [5, 5.41) is 0. The largest absolute Gasteiger partial charge is 0.321 e. The van der Waals surface area contributed by atoms with Crippen molar-refractivity contribution in [3.63, 3.8) is 0 Å². The number of carbonyl (C=O) groups is 1. The summed E-state index contributed by atoms with van der Waals surface area (Å²) < 4.78 is 0. The molecule has 0 bridgehead atoms. The lowest BCUT2D eigenvalue weighted by molar-refractivity contribution is 0.262. The predicted molar refractivity (Wildman–Crippen MR) is 72.9 cm³/mol. The Morgan fingerprint density at radius 3 is 2.76 bits per heavy atom. The maximum atomic E-state index is 12.0. The molecule has 1 aliphatic rings. The molecule has 0 saturated heterocycles. The summed E-state index contributed by atoms with van der Waals surface area (Å²) >= 11 is 0. The number of anilines is 1. The second-order valence-electron chi connectivity index (χ2n) is 5.50. The predicted octanol–water partition coefficient (Wildman–Crippen LogP) is 3.34. The van der Waals surface area contributed by atoms with Gasteiger partial charge in [0.1, 0.15) is 0 Å². The normalized spacial score (nSPS) is 18.2. The lowest BCUT2D eigenvalue weighted by Gasteiger charge is -2.23. The third kappa shape index (κ3) is 2.54. The number of hydrogen-bond acceptors (Lipinski definition) is 1. The van der Waals surface area contributed by atoms with Gasteiger partial charge >= 0.3 is 0 Å². The molecule has 0 unspecified atom stereocenters. The number of benzene rings is 1. The van der Waals surface area contributed by atoms with Crippen molar-refractivity contribution >= 4 is 18.8 Å². The third-order valence-electron chi connectivity index (χ3n) is 3.48. The number of fused-ring (bicyclic) bond motifs is 1. The van der Waals surface area contributed by atoms with E-state index < -0.39 is 0 Å². The summed E-state index contributed by atoms with van der Waals surface area (Å²) in [5.41, 5.74) is 2.63. The molecular formula is C14H19BNO. The van der Waals surface area contributed by atoms with Gasteiger partial charge in [0.05, 0.1) is 0 Å². The minimum Gasteiger partial charge on any atom is -0.321 e. The quantitative estimate of drug-likeness (QED) is 0.675. The molecule has 17 heavy (non-hydrogen) atoms. The number of nitrogens with zero attached hydrogens (tertiary/aromatic N) is 1. The molecule has 1 heterocycles. The lowest BCUT2D eigenvalue weighted by atomic mass is 9.80. The SMILES string of the molecule is C[B]C(=O)N1CCC(C)(C)Cc2ccccc21. The molecule has 0 saturated carbocycles. The summed E-state index contributed by atoms with van der Waals surface area (Å²) in [4.78, 5) is 13.9. The Balaban J connectivity index is 2.42. The Labute approximate surface area is 104 Å². The van der Waals surface area contributed by atoms with Crippen molar-refractivity contribution in [1.82, 2.24) is 0 Å². The first kappa shape index (κ1) is 12.2. The van der Waals surface area contributed by atoms with Gasteiger partial charge in [-0.2, -0.15) is 0 Å². The molecule has 3 heteroatoms. The Morgan fingerprint density at radius 1 is 1.35 bits per heavy atom. The third-order valence-corrected chi connectivity index (χ3v) is 3.48. The van der Waals surface area contributed by atoms with Crippen molar-refractivity contribution in [3.05, 3.63) is 29.8 Å². The number of rotatable bonds is 1. The molecule has 0 N–H and O–H groups in total. The van der Waals surface area contributed by atoms with Crippen LogP contribution in [0.4, 0.5) is 10.5 Å². The summed E-state index contributed by atoms with van der Waals surface area (Å²) in [6.45, 7) is 7.16. The van der Waals surface area contributed by atoms with Gasteiger partial charge in [-0.05, 0) is 29.9 Å². The number of hydrogen-bond donors (Lipinski definition) is 0. The first-order valence-electron chi connectivity index (χ1n) is 6.22. The molecule has 2 nitrogen and oxygen atoms in total. The van der Waals surface area contributed by atoms with E-state index in [1.807, 2.05) is 11.0 Å². The summed E-state index contributed by atoms with van der Waals surface area (Å²) in [5.74, 6) is 0.107. The average Bonchev–Trinajstić information content (AvgIpc) is 2.43. The highest BCUT2D eigenvalue weighted by molar-refractivity contribution is 6.75. The second kappa shape index (κ2) is 4.56. The van der Waals surface area contributed by atoms with E-state index in [4.69, 9.17) is 0 Å². The zero-order valence-electron chi connectivity index (χ0n) is 10.9.